The molecule has 2 aromatic rings. The van der Waals surface area contributed by atoms with Gasteiger partial charge in [-0.05, 0) is 12.8 Å². The number of hydrogen-bond donors (Lipinski definition) is 0. The van der Waals surface area contributed by atoms with E-state index in [-0.39, 0.29) is 11.5 Å². The fourth-order valence-corrected chi connectivity index (χ4v) is 3.23. The Kier molecular flexibility index (Phi) is 4.83. The van der Waals surface area contributed by atoms with Gasteiger partial charge in [-0.15, -0.1) is 0 Å². The highest BCUT2D eigenvalue weighted by Gasteiger charge is 2.26. The molecule has 1 fully saturated rings. The monoisotopic (exact) mass is 347 g/mol. The molecule has 1 amide bonds. The Morgan fingerprint density at radius 1 is 0.960 bits per heavy atom. The number of rotatable bonds is 4. The molecule has 0 N–H and O–H groups in total. The van der Waals surface area contributed by atoms with Crippen LogP contribution in [-0.2, 0) is 4.79 Å². The van der Waals surface area contributed by atoms with Gasteiger partial charge in [-0.2, -0.15) is 0 Å². The van der Waals surface area contributed by atoms with Gasteiger partial charge in [0.05, 0.1) is 32.4 Å². The Morgan fingerprint density at radius 2 is 1.72 bits per heavy atom. The first-order chi connectivity index (χ1) is 12.1. The lowest BCUT2D eigenvalue weighted by Gasteiger charge is -2.23. The van der Waals surface area contributed by atoms with Gasteiger partial charge in [-0.25, -0.2) is 4.79 Å². The lowest BCUT2D eigenvalue weighted by Crippen LogP contribution is -2.31. The van der Waals surface area contributed by atoms with Crippen molar-refractivity contribution in [3.8, 4) is 17.2 Å². The molecule has 25 heavy (non-hydrogen) atoms. The van der Waals surface area contributed by atoms with Crippen LogP contribution >= 0.6 is 0 Å². The van der Waals surface area contributed by atoms with Crippen LogP contribution in [0.3, 0.4) is 0 Å². The van der Waals surface area contributed by atoms with Crippen LogP contribution in [-0.4, -0.2) is 33.8 Å². The summed E-state index contributed by atoms with van der Waals surface area (Å²) in [6.45, 7) is 0.550. The molecule has 134 valence electrons. The number of ether oxygens (including phenoxy) is 3. The maximum atomic E-state index is 12.5. The van der Waals surface area contributed by atoms with E-state index >= 15 is 0 Å². The van der Waals surface area contributed by atoms with Crippen molar-refractivity contribution in [2.75, 3.05) is 32.8 Å². The van der Waals surface area contributed by atoms with Crippen molar-refractivity contribution < 1.29 is 23.4 Å². The molecule has 1 aromatic heterocycles. The lowest BCUT2D eigenvalue weighted by atomic mass is 10.1. The first-order valence-electron chi connectivity index (χ1n) is 8.18. The molecule has 0 atom stereocenters. The van der Waals surface area contributed by atoms with Crippen LogP contribution in [0, 0.1) is 0 Å². The predicted octanol–water partition coefficient (Wildman–Crippen LogP) is 2.73. The van der Waals surface area contributed by atoms with E-state index in [9.17, 15) is 9.59 Å². The topological polar surface area (TPSA) is 78.2 Å². The fraction of sp³-hybridized carbons (Fsp3) is 0.444. The maximum absolute atomic E-state index is 12.5. The zero-order chi connectivity index (χ0) is 18.0. The van der Waals surface area contributed by atoms with E-state index < -0.39 is 5.63 Å². The Labute approximate surface area is 145 Å². The number of carbonyl (C=O) groups excluding carboxylic acids is 1. The molecule has 0 spiro atoms. The Balaban J connectivity index is 2.34. The molecule has 2 heterocycles. The van der Waals surface area contributed by atoms with Crippen molar-refractivity contribution in [1.82, 2.24) is 0 Å². The second-order valence-corrected chi connectivity index (χ2v) is 5.83. The molecule has 1 aliphatic rings. The summed E-state index contributed by atoms with van der Waals surface area (Å²) in [5.74, 6) is 1.12. The van der Waals surface area contributed by atoms with Gasteiger partial charge < -0.3 is 23.5 Å². The molecule has 0 unspecified atom stereocenters. The van der Waals surface area contributed by atoms with Crippen molar-refractivity contribution in [3.05, 3.63) is 22.6 Å². The van der Waals surface area contributed by atoms with Gasteiger partial charge in [-0.3, -0.25) is 4.79 Å². The molecule has 7 nitrogen and oxygen atoms in total. The van der Waals surface area contributed by atoms with Crippen molar-refractivity contribution in [1.29, 1.82) is 0 Å². The minimum Gasteiger partial charge on any atom is -0.493 e. The summed E-state index contributed by atoms with van der Waals surface area (Å²) in [4.78, 5) is 26.3. The van der Waals surface area contributed by atoms with E-state index in [1.807, 2.05) is 0 Å². The number of hydrogen-bond acceptors (Lipinski definition) is 6. The molecule has 0 bridgehead atoms. The van der Waals surface area contributed by atoms with Crippen molar-refractivity contribution in [3.63, 3.8) is 0 Å². The van der Waals surface area contributed by atoms with Gasteiger partial charge in [0, 0.05) is 25.1 Å². The third kappa shape index (κ3) is 3.01. The second kappa shape index (κ2) is 7.04. The number of methoxy groups -OCH3 is 3. The number of fused-ring (bicyclic) bond motifs is 1. The number of carbonyl (C=O) groups is 1. The zero-order valence-corrected chi connectivity index (χ0v) is 14.6. The fourth-order valence-electron chi connectivity index (χ4n) is 3.23. The quantitative estimate of drug-likeness (QED) is 0.792. The van der Waals surface area contributed by atoms with Crippen LogP contribution in [0.1, 0.15) is 25.7 Å². The molecular weight excluding hydrogens is 326 g/mol. The summed E-state index contributed by atoms with van der Waals surface area (Å²) in [7, 11) is 4.49. The highest BCUT2D eigenvalue weighted by molar-refractivity contribution is 6.06. The third-order valence-corrected chi connectivity index (χ3v) is 4.38. The summed E-state index contributed by atoms with van der Waals surface area (Å²) in [6, 6.07) is 2.91. The normalized spacial score (nSPS) is 15.2. The number of anilines is 1. The highest BCUT2D eigenvalue weighted by Crippen LogP contribution is 2.46. The van der Waals surface area contributed by atoms with Crippen LogP contribution in [0.2, 0.25) is 0 Å². The average Bonchev–Trinajstić information content (AvgIpc) is 2.83. The Morgan fingerprint density at radius 3 is 2.40 bits per heavy atom. The van der Waals surface area contributed by atoms with E-state index in [4.69, 9.17) is 18.6 Å². The van der Waals surface area contributed by atoms with Gasteiger partial charge in [0.1, 0.15) is 5.58 Å². The second-order valence-electron chi connectivity index (χ2n) is 5.83. The summed E-state index contributed by atoms with van der Waals surface area (Å²) in [5.41, 5.74) is 0.235. The van der Waals surface area contributed by atoms with Crippen LogP contribution in [0.4, 0.5) is 5.69 Å². The van der Waals surface area contributed by atoms with Gasteiger partial charge in [0.2, 0.25) is 11.7 Å². The largest absolute Gasteiger partial charge is 0.493 e. The number of amides is 1. The molecule has 7 heteroatoms. The molecule has 0 saturated carbocycles. The van der Waals surface area contributed by atoms with E-state index in [1.54, 1.807) is 11.0 Å². The van der Waals surface area contributed by atoms with Gasteiger partial charge >= 0.3 is 5.63 Å². The summed E-state index contributed by atoms with van der Waals surface area (Å²) in [6.07, 6.45) is 3.17. The van der Waals surface area contributed by atoms with Gasteiger partial charge in [-0.1, -0.05) is 6.42 Å². The van der Waals surface area contributed by atoms with E-state index in [1.165, 1.54) is 27.4 Å². The predicted molar refractivity (Wildman–Crippen MR) is 93.0 cm³/mol. The summed E-state index contributed by atoms with van der Waals surface area (Å²) < 4.78 is 21.6. The van der Waals surface area contributed by atoms with Crippen LogP contribution in [0.25, 0.3) is 11.0 Å². The maximum Gasteiger partial charge on any atom is 0.338 e. The smallest absolute Gasteiger partial charge is 0.338 e. The first kappa shape index (κ1) is 17.1. The van der Waals surface area contributed by atoms with E-state index in [0.29, 0.717) is 41.3 Å². The first-order valence-corrected chi connectivity index (χ1v) is 8.18. The van der Waals surface area contributed by atoms with Gasteiger partial charge in [0.25, 0.3) is 0 Å². The number of nitrogens with zero attached hydrogens (tertiary/aromatic N) is 1. The lowest BCUT2D eigenvalue weighted by molar-refractivity contribution is -0.118. The van der Waals surface area contributed by atoms with E-state index in [0.717, 1.165) is 19.3 Å². The Bertz CT molecular complexity index is 857. The van der Waals surface area contributed by atoms with Gasteiger partial charge in [0.15, 0.2) is 11.5 Å². The van der Waals surface area contributed by atoms with Crippen molar-refractivity contribution in [2.45, 2.75) is 25.7 Å². The minimum absolute atomic E-state index is 0.0127. The van der Waals surface area contributed by atoms with Crippen molar-refractivity contribution in [2.24, 2.45) is 0 Å². The molecule has 0 radical (unpaired) electrons. The molecule has 0 aliphatic carbocycles. The molecule has 1 aliphatic heterocycles. The molecular formula is C18H21NO6. The van der Waals surface area contributed by atoms with E-state index in [2.05, 4.69) is 0 Å². The molecule has 3 rings (SSSR count). The highest BCUT2D eigenvalue weighted by atomic mass is 16.5. The minimum atomic E-state index is -0.534. The Hall–Kier alpha value is -2.70. The summed E-state index contributed by atoms with van der Waals surface area (Å²) >= 11 is 0. The standard InChI is InChI=1S/C18H21NO6/c1-22-13-10-12-16(18(24-3)17(13)23-2)11(9-15(21)25-12)19-8-6-4-5-7-14(19)20/h9-10H,4-8H2,1-3H3. The third-order valence-electron chi connectivity index (χ3n) is 4.38. The van der Waals surface area contributed by atoms with Crippen molar-refractivity contribution >= 4 is 22.6 Å². The SMILES string of the molecule is COc1cc2oc(=O)cc(N3CCCCCC3=O)c2c(OC)c1OC. The van der Waals surface area contributed by atoms with Crippen LogP contribution in [0.15, 0.2) is 21.3 Å². The number of benzene rings is 1. The van der Waals surface area contributed by atoms with Crippen LogP contribution in [0.5, 0.6) is 17.2 Å². The van der Waals surface area contributed by atoms with Crippen LogP contribution < -0.4 is 24.7 Å². The zero-order valence-electron chi connectivity index (χ0n) is 14.6. The molecule has 1 aromatic carbocycles. The molecule has 1 saturated heterocycles. The summed E-state index contributed by atoms with van der Waals surface area (Å²) in [5, 5.41) is 0.523. The average molecular weight is 347 g/mol.